The van der Waals surface area contributed by atoms with Gasteiger partial charge in [0.1, 0.15) is 0 Å². The second-order valence-corrected chi connectivity index (χ2v) is 9.15. The number of fused-ring (bicyclic) bond motifs is 3. The molecule has 1 aliphatic carbocycles. The Morgan fingerprint density at radius 2 is 1.94 bits per heavy atom. The number of benzene rings is 1. The first kappa shape index (κ1) is 21.0. The number of ether oxygens (including phenoxy) is 1. The molecule has 0 spiro atoms. The number of alkyl halides is 3. The third kappa shape index (κ3) is 4.41. The maximum atomic E-state index is 13.4. The normalized spacial score (nSPS) is 33.5. The zero-order chi connectivity index (χ0) is 21.4. The van der Waals surface area contributed by atoms with Crippen molar-refractivity contribution < 1.29 is 17.9 Å². The largest absolute Gasteiger partial charge is 0.416 e. The highest BCUT2D eigenvalue weighted by atomic mass is 19.4. The lowest BCUT2D eigenvalue weighted by Gasteiger charge is -2.48. The number of hydrogen-bond donors (Lipinski definition) is 2. The third-order valence-corrected chi connectivity index (χ3v) is 7.17. The van der Waals surface area contributed by atoms with E-state index in [1.54, 1.807) is 6.07 Å². The van der Waals surface area contributed by atoms with Gasteiger partial charge in [-0.2, -0.15) is 13.2 Å². The summed E-state index contributed by atoms with van der Waals surface area (Å²) in [6, 6.07) is 4.24. The molecule has 4 aliphatic rings. The van der Waals surface area contributed by atoms with Crippen LogP contribution in [0.25, 0.3) is 0 Å². The van der Waals surface area contributed by atoms with Crippen molar-refractivity contribution in [1.82, 2.24) is 10.2 Å². The molecule has 2 N–H and O–H groups in total. The first-order valence-corrected chi connectivity index (χ1v) is 11.4. The van der Waals surface area contributed by atoms with Crippen LogP contribution in [0.4, 0.5) is 18.9 Å². The van der Waals surface area contributed by atoms with E-state index in [2.05, 4.69) is 39.8 Å². The Kier molecular flexibility index (Phi) is 5.84. The predicted octanol–water partition coefficient (Wildman–Crippen LogP) is 4.37. The van der Waals surface area contributed by atoms with E-state index in [1.807, 2.05) is 0 Å². The Morgan fingerprint density at radius 1 is 1.10 bits per heavy atom. The smallest absolute Gasteiger partial charge is 0.381 e. The molecule has 0 bridgehead atoms. The molecule has 1 unspecified atom stereocenters. The highest BCUT2D eigenvalue weighted by Gasteiger charge is 2.45. The van der Waals surface area contributed by atoms with E-state index in [9.17, 15) is 13.2 Å². The van der Waals surface area contributed by atoms with Crippen LogP contribution in [0, 0.1) is 11.8 Å². The van der Waals surface area contributed by atoms with Gasteiger partial charge in [0.15, 0.2) is 0 Å². The number of allylic oxidation sites excluding steroid dienone is 3. The molecule has 5 rings (SSSR count). The average Bonchev–Trinajstić information content (AvgIpc) is 2.79. The van der Waals surface area contributed by atoms with Crippen LogP contribution in [0.3, 0.4) is 0 Å². The molecule has 168 valence electrons. The number of anilines is 1. The number of nitrogens with zero attached hydrogens (tertiary/aromatic N) is 1. The van der Waals surface area contributed by atoms with Gasteiger partial charge >= 0.3 is 6.18 Å². The topological polar surface area (TPSA) is 36.5 Å². The van der Waals surface area contributed by atoms with Crippen molar-refractivity contribution in [2.45, 2.75) is 43.7 Å². The van der Waals surface area contributed by atoms with Gasteiger partial charge in [0.05, 0.1) is 17.8 Å². The summed E-state index contributed by atoms with van der Waals surface area (Å²) in [5.41, 5.74) is 0.847. The molecule has 2 fully saturated rings. The first-order valence-electron chi connectivity index (χ1n) is 11.4. The molecular weight excluding hydrogens is 403 g/mol. The van der Waals surface area contributed by atoms with Crippen molar-refractivity contribution in [1.29, 1.82) is 0 Å². The monoisotopic (exact) mass is 433 g/mol. The SMILES string of the molecule is FC(F)(F)c1ccc2c(c1)[C@H]1O[C@@H](CN3CCNCC3)CC[C@H]1[C@H](C1C=CC=CC1)N2. The number of nitrogens with one attached hydrogen (secondary N) is 2. The lowest BCUT2D eigenvalue weighted by Crippen LogP contribution is -2.50. The molecule has 0 saturated carbocycles. The lowest BCUT2D eigenvalue weighted by molar-refractivity contribution is -0.138. The summed E-state index contributed by atoms with van der Waals surface area (Å²) in [5.74, 6) is 0.484. The number of piperazine rings is 1. The van der Waals surface area contributed by atoms with Gasteiger partial charge in [0.25, 0.3) is 0 Å². The molecule has 3 heterocycles. The van der Waals surface area contributed by atoms with E-state index in [4.69, 9.17) is 4.74 Å². The second kappa shape index (κ2) is 8.60. The first-order chi connectivity index (χ1) is 15.0. The van der Waals surface area contributed by atoms with Crippen LogP contribution < -0.4 is 10.6 Å². The minimum Gasteiger partial charge on any atom is -0.381 e. The van der Waals surface area contributed by atoms with Gasteiger partial charge in [-0.05, 0) is 37.5 Å². The third-order valence-electron chi connectivity index (χ3n) is 7.17. The summed E-state index contributed by atoms with van der Waals surface area (Å²) >= 11 is 0. The summed E-state index contributed by atoms with van der Waals surface area (Å²) in [6.45, 7) is 4.79. The Morgan fingerprint density at radius 3 is 2.68 bits per heavy atom. The summed E-state index contributed by atoms with van der Waals surface area (Å²) in [7, 11) is 0. The molecule has 0 amide bonds. The number of rotatable bonds is 3. The van der Waals surface area contributed by atoms with Crippen molar-refractivity contribution in [3.8, 4) is 0 Å². The van der Waals surface area contributed by atoms with Crippen LogP contribution in [0.2, 0.25) is 0 Å². The molecule has 31 heavy (non-hydrogen) atoms. The van der Waals surface area contributed by atoms with E-state index in [-0.39, 0.29) is 24.2 Å². The summed E-state index contributed by atoms with van der Waals surface area (Å²) in [6.07, 6.45) is 6.77. The zero-order valence-corrected chi connectivity index (χ0v) is 17.6. The van der Waals surface area contributed by atoms with Gasteiger partial charge in [-0.15, -0.1) is 0 Å². The fraction of sp³-hybridized carbons (Fsp3) is 0.583. The Hall–Kier alpha value is -1.83. The van der Waals surface area contributed by atoms with Gasteiger partial charge in [-0.1, -0.05) is 24.3 Å². The molecule has 3 aliphatic heterocycles. The molecule has 1 aromatic rings. The molecular formula is C24H30F3N3O. The van der Waals surface area contributed by atoms with E-state index in [0.29, 0.717) is 11.5 Å². The number of hydrogen-bond acceptors (Lipinski definition) is 4. The van der Waals surface area contributed by atoms with Gasteiger partial charge in [-0.3, -0.25) is 4.90 Å². The van der Waals surface area contributed by atoms with Crippen molar-refractivity contribution >= 4 is 5.69 Å². The lowest BCUT2D eigenvalue weighted by atomic mass is 9.73. The molecule has 1 aromatic carbocycles. The van der Waals surface area contributed by atoms with Crippen LogP contribution in [0.15, 0.2) is 42.5 Å². The van der Waals surface area contributed by atoms with E-state index < -0.39 is 11.7 Å². The highest BCUT2D eigenvalue weighted by molar-refractivity contribution is 5.58. The van der Waals surface area contributed by atoms with Crippen LogP contribution in [-0.2, 0) is 10.9 Å². The van der Waals surface area contributed by atoms with Gasteiger partial charge in [0, 0.05) is 61.9 Å². The molecule has 0 radical (unpaired) electrons. The summed E-state index contributed by atoms with van der Waals surface area (Å²) in [5, 5.41) is 6.95. The maximum absolute atomic E-state index is 13.4. The highest BCUT2D eigenvalue weighted by Crippen LogP contribution is 2.49. The van der Waals surface area contributed by atoms with Gasteiger partial charge < -0.3 is 15.4 Å². The zero-order valence-electron chi connectivity index (χ0n) is 17.6. The second-order valence-electron chi connectivity index (χ2n) is 9.15. The van der Waals surface area contributed by atoms with Crippen molar-refractivity contribution in [3.63, 3.8) is 0 Å². The van der Waals surface area contributed by atoms with Crippen LogP contribution in [0.1, 0.15) is 36.5 Å². The van der Waals surface area contributed by atoms with E-state index in [1.165, 1.54) is 12.1 Å². The molecule has 2 saturated heterocycles. The molecule has 5 atom stereocenters. The summed E-state index contributed by atoms with van der Waals surface area (Å²) in [4.78, 5) is 2.40. The quantitative estimate of drug-likeness (QED) is 0.742. The standard InChI is InChI=1S/C24H30F3N3O/c25-24(26,27)17-6-9-21-20(14-17)23-19(22(29-21)16-4-2-1-3-5-16)8-7-18(31-23)15-30-12-10-28-11-13-30/h1-4,6,9,14,16,18-19,22-23,28-29H,5,7-8,10-13,15H2/t16?,18-,19+,22+,23+/m1/s1. The van der Waals surface area contributed by atoms with E-state index >= 15 is 0 Å². The number of halogens is 3. The Balaban J connectivity index is 1.43. The minimum absolute atomic E-state index is 0.0577. The van der Waals surface area contributed by atoms with E-state index in [0.717, 1.165) is 57.7 Å². The predicted molar refractivity (Wildman–Crippen MR) is 115 cm³/mol. The maximum Gasteiger partial charge on any atom is 0.416 e. The minimum atomic E-state index is -4.35. The van der Waals surface area contributed by atoms with Crippen LogP contribution >= 0.6 is 0 Å². The van der Waals surface area contributed by atoms with Crippen LogP contribution in [0.5, 0.6) is 0 Å². The fourth-order valence-corrected chi connectivity index (χ4v) is 5.58. The average molecular weight is 434 g/mol. The van der Waals surface area contributed by atoms with Gasteiger partial charge in [0.2, 0.25) is 0 Å². The molecule has 7 heteroatoms. The van der Waals surface area contributed by atoms with Crippen molar-refractivity contribution in [3.05, 3.63) is 53.6 Å². The van der Waals surface area contributed by atoms with Crippen LogP contribution in [-0.4, -0.2) is 49.8 Å². The molecule has 4 nitrogen and oxygen atoms in total. The molecule has 0 aromatic heterocycles. The fourth-order valence-electron chi connectivity index (χ4n) is 5.58. The van der Waals surface area contributed by atoms with Crippen molar-refractivity contribution in [2.75, 3.05) is 38.0 Å². The Bertz CT molecular complexity index is 847. The van der Waals surface area contributed by atoms with Crippen molar-refractivity contribution in [2.24, 2.45) is 11.8 Å². The Labute approximate surface area is 181 Å². The summed E-state index contributed by atoms with van der Waals surface area (Å²) < 4.78 is 46.9. The van der Waals surface area contributed by atoms with Gasteiger partial charge in [-0.25, -0.2) is 0 Å².